The van der Waals surface area contributed by atoms with Crippen molar-refractivity contribution in [1.29, 1.82) is 0 Å². The van der Waals surface area contributed by atoms with Crippen LogP contribution in [0.1, 0.15) is 32.6 Å². The zero-order chi connectivity index (χ0) is 11.7. The smallest absolute Gasteiger partial charge is 0.176 e. The highest BCUT2D eigenvalue weighted by Gasteiger charge is 2.51. The molecule has 1 saturated heterocycles. The molecule has 0 aromatic heterocycles. The van der Waals surface area contributed by atoms with Crippen molar-refractivity contribution in [3.63, 3.8) is 0 Å². The standard InChI is InChI=1S/C11H27NOSi2/c1-6-7-8-11(12)9-10-14(2,3)15(4,5)13-11/h6-10,12H2,1-5H3. The predicted octanol–water partition coefficient (Wildman–Crippen LogP) is 3.24. The Bertz CT molecular complexity index is 231. The average Bonchev–Trinajstić information content (AvgIpc) is 2.09. The Hall–Kier alpha value is 0.354. The third kappa shape index (κ3) is 2.93. The maximum absolute atomic E-state index is 6.38. The molecule has 1 aliphatic rings. The molecule has 1 atom stereocenters. The summed E-state index contributed by atoms with van der Waals surface area (Å²) >= 11 is 0. The molecule has 0 amide bonds. The van der Waals surface area contributed by atoms with E-state index in [0.717, 1.165) is 12.8 Å². The Balaban J connectivity index is 2.68. The molecule has 90 valence electrons. The van der Waals surface area contributed by atoms with Gasteiger partial charge in [-0.2, -0.15) is 0 Å². The van der Waals surface area contributed by atoms with E-state index in [0.29, 0.717) is 0 Å². The minimum atomic E-state index is -1.49. The Labute approximate surface area is 96.5 Å². The van der Waals surface area contributed by atoms with Crippen LogP contribution in [0.2, 0.25) is 32.2 Å². The van der Waals surface area contributed by atoms with Gasteiger partial charge in [0.05, 0.1) is 7.59 Å². The lowest BCUT2D eigenvalue weighted by molar-refractivity contribution is 0.0483. The van der Waals surface area contributed by atoms with E-state index < -0.39 is 15.4 Å². The SMILES string of the molecule is CCCCC1(N)CC[Si](C)(C)[Si](C)(C)O1. The van der Waals surface area contributed by atoms with Crippen molar-refractivity contribution in [2.45, 2.75) is 70.6 Å². The fraction of sp³-hybridized carbons (Fsp3) is 1.00. The van der Waals surface area contributed by atoms with E-state index in [9.17, 15) is 0 Å². The topological polar surface area (TPSA) is 35.2 Å². The van der Waals surface area contributed by atoms with Crippen LogP contribution in [0.25, 0.3) is 0 Å². The number of hydrogen-bond acceptors (Lipinski definition) is 2. The van der Waals surface area contributed by atoms with E-state index in [2.05, 4.69) is 33.1 Å². The first-order chi connectivity index (χ1) is 6.72. The van der Waals surface area contributed by atoms with Gasteiger partial charge >= 0.3 is 0 Å². The second kappa shape index (κ2) is 4.32. The average molecular weight is 246 g/mol. The molecule has 1 aliphatic heterocycles. The second-order valence-electron chi connectivity index (χ2n) is 6.16. The van der Waals surface area contributed by atoms with Gasteiger partial charge < -0.3 is 10.2 Å². The lowest BCUT2D eigenvalue weighted by atomic mass is 10.0. The van der Waals surface area contributed by atoms with Crippen molar-refractivity contribution in [3.05, 3.63) is 0 Å². The summed E-state index contributed by atoms with van der Waals surface area (Å²) in [5, 5.41) is 0. The normalized spacial score (nSPS) is 34.0. The molecule has 0 aliphatic carbocycles. The molecule has 0 spiro atoms. The van der Waals surface area contributed by atoms with Crippen molar-refractivity contribution >= 4 is 15.4 Å². The van der Waals surface area contributed by atoms with Crippen LogP contribution < -0.4 is 5.73 Å². The fourth-order valence-corrected chi connectivity index (χ4v) is 8.94. The lowest BCUT2D eigenvalue weighted by Gasteiger charge is -2.50. The summed E-state index contributed by atoms with van der Waals surface area (Å²) in [5.74, 6) is 0. The number of unbranched alkanes of at least 4 members (excludes halogenated alkanes) is 1. The van der Waals surface area contributed by atoms with Crippen molar-refractivity contribution in [1.82, 2.24) is 0 Å². The first kappa shape index (κ1) is 13.4. The zero-order valence-electron chi connectivity index (χ0n) is 11.0. The summed E-state index contributed by atoms with van der Waals surface area (Å²) < 4.78 is 6.36. The molecule has 0 radical (unpaired) electrons. The second-order valence-corrected chi connectivity index (χ2v) is 21.3. The summed E-state index contributed by atoms with van der Waals surface area (Å²) in [6.07, 6.45) is 4.54. The molecule has 1 fully saturated rings. The van der Waals surface area contributed by atoms with Gasteiger partial charge in [0.25, 0.3) is 0 Å². The van der Waals surface area contributed by atoms with Crippen LogP contribution in [0.4, 0.5) is 0 Å². The Morgan fingerprint density at radius 1 is 1.27 bits per heavy atom. The van der Waals surface area contributed by atoms with Gasteiger partial charge in [0, 0.05) is 0 Å². The molecule has 0 aromatic carbocycles. The maximum Gasteiger partial charge on any atom is 0.176 e. The minimum absolute atomic E-state index is 0.283. The van der Waals surface area contributed by atoms with Gasteiger partial charge in [-0.3, -0.25) is 0 Å². The summed E-state index contributed by atoms with van der Waals surface area (Å²) in [6, 6.07) is 1.35. The molecule has 0 aromatic rings. The van der Waals surface area contributed by atoms with Crippen molar-refractivity contribution in [2.24, 2.45) is 5.73 Å². The van der Waals surface area contributed by atoms with Gasteiger partial charge in [-0.1, -0.05) is 32.5 Å². The third-order valence-electron chi connectivity index (χ3n) is 4.21. The van der Waals surface area contributed by atoms with Crippen molar-refractivity contribution in [3.8, 4) is 0 Å². The predicted molar refractivity (Wildman–Crippen MR) is 71.9 cm³/mol. The van der Waals surface area contributed by atoms with Crippen LogP contribution in [-0.4, -0.2) is 21.2 Å². The Kier molecular flexibility index (Phi) is 3.86. The molecule has 1 heterocycles. The molecule has 0 saturated carbocycles. The summed E-state index contributed by atoms with van der Waals surface area (Å²) in [4.78, 5) is 0. The highest BCUT2D eigenvalue weighted by molar-refractivity contribution is 7.38. The quantitative estimate of drug-likeness (QED) is 0.775. The van der Waals surface area contributed by atoms with Gasteiger partial charge in [-0.25, -0.2) is 0 Å². The first-order valence-electron chi connectivity index (χ1n) is 6.21. The van der Waals surface area contributed by atoms with E-state index in [1.54, 1.807) is 0 Å². The van der Waals surface area contributed by atoms with E-state index in [-0.39, 0.29) is 5.72 Å². The molecule has 2 nitrogen and oxygen atoms in total. The van der Waals surface area contributed by atoms with Crippen LogP contribution in [0, 0.1) is 0 Å². The van der Waals surface area contributed by atoms with Gasteiger partial charge in [0.15, 0.2) is 7.83 Å². The summed E-state index contributed by atoms with van der Waals surface area (Å²) in [5.41, 5.74) is 6.09. The van der Waals surface area contributed by atoms with Crippen LogP contribution in [0.5, 0.6) is 0 Å². The molecule has 1 unspecified atom stereocenters. The van der Waals surface area contributed by atoms with Gasteiger partial charge in [0.2, 0.25) is 0 Å². The number of nitrogens with two attached hydrogens (primary N) is 1. The first-order valence-corrected chi connectivity index (χ1v) is 13.3. The van der Waals surface area contributed by atoms with Crippen LogP contribution in [0.15, 0.2) is 0 Å². The number of rotatable bonds is 3. The molecule has 0 bridgehead atoms. The largest absolute Gasteiger partial charge is 0.403 e. The highest BCUT2D eigenvalue weighted by atomic mass is 29.3. The minimum Gasteiger partial charge on any atom is -0.403 e. The monoisotopic (exact) mass is 245 g/mol. The van der Waals surface area contributed by atoms with Gasteiger partial charge in [0.1, 0.15) is 5.72 Å². The summed E-state index contributed by atoms with van der Waals surface area (Å²) in [6.45, 7) is 11.9. The maximum atomic E-state index is 6.38. The molecule has 1 rings (SSSR count). The van der Waals surface area contributed by atoms with E-state index in [1.165, 1.54) is 18.9 Å². The van der Waals surface area contributed by atoms with Gasteiger partial charge in [-0.15, -0.1) is 0 Å². The van der Waals surface area contributed by atoms with Crippen molar-refractivity contribution < 1.29 is 4.43 Å². The van der Waals surface area contributed by atoms with Crippen molar-refractivity contribution in [2.75, 3.05) is 0 Å². The lowest BCUT2D eigenvalue weighted by Crippen LogP contribution is -2.67. The van der Waals surface area contributed by atoms with Crippen LogP contribution in [0.3, 0.4) is 0 Å². The third-order valence-corrected chi connectivity index (χ3v) is 20.7. The van der Waals surface area contributed by atoms with Gasteiger partial charge in [-0.05, 0) is 32.4 Å². The van der Waals surface area contributed by atoms with E-state index in [4.69, 9.17) is 10.2 Å². The fourth-order valence-electron chi connectivity index (χ4n) is 2.17. The zero-order valence-corrected chi connectivity index (χ0v) is 13.0. The summed E-state index contributed by atoms with van der Waals surface area (Å²) in [7, 11) is -2.60. The van der Waals surface area contributed by atoms with E-state index in [1.807, 2.05) is 0 Å². The van der Waals surface area contributed by atoms with Crippen LogP contribution >= 0.6 is 0 Å². The Morgan fingerprint density at radius 3 is 2.33 bits per heavy atom. The van der Waals surface area contributed by atoms with E-state index >= 15 is 0 Å². The van der Waals surface area contributed by atoms with Crippen LogP contribution in [-0.2, 0) is 4.43 Å². The number of hydrogen-bond donors (Lipinski definition) is 1. The molecular weight excluding hydrogens is 218 g/mol. The Morgan fingerprint density at radius 2 is 1.87 bits per heavy atom. The molecule has 2 N–H and O–H groups in total. The molecule has 15 heavy (non-hydrogen) atoms. The molecule has 4 heteroatoms. The highest BCUT2D eigenvalue weighted by Crippen LogP contribution is 2.38. The molecular formula is C11H27NOSi2.